The molecule has 1 heterocycles. The van der Waals surface area contributed by atoms with Gasteiger partial charge in [-0.1, -0.05) is 36.4 Å². The molecule has 121 valence electrons. The molecule has 0 amide bonds. The van der Waals surface area contributed by atoms with Crippen molar-refractivity contribution in [1.82, 2.24) is 15.0 Å². The smallest absolute Gasteiger partial charge is 0.224 e. The number of benzene rings is 2. The molecule has 0 bridgehead atoms. The van der Waals surface area contributed by atoms with E-state index in [4.69, 9.17) is 0 Å². The number of hydrogen-bond donors (Lipinski definition) is 1. The molecule has 24 heavy (non-hydrogen) atoms. The van der Waals surface area contributed by atoms with Gasteiger partial charge in [0.05, 0.1) is 6.04 Å². The molecule has 4 nitrogen and oxygen atoms in total. The molecule has 0 saturated heterocycles. The molecule has 2 aromatic carbocycles. The second-order valence-electron chi connectivity index (χ2n) is 6.00. The van der Waals surface area contributed by atoms with E-state index in [1.165, 1.54) is 16.3 Å². The molecule has 3 aromatic rings. The van der Waals surface area contributed by atoms with E-state index in [0.29, 0.717) is 5.95 Å². The van der Waals surface area contributed by atoms with Crippen molar-refractivity contribution < 1.29 is 32.7 Å². The molecule has 0 fully saturated rings. The zero-order valence-corrected chi connectivity index (χ0v) is 17.4. The Morgan fingerprint density at radius 3 is 2.38 bits per heavy atom. The summed E-state index contributed by atoms with van der Waals surface area (Å²) < 4.78 is 0. The summed E-state index contributed by atoms with van der Waals surface area (Å²) in [5, 5.41) is 5.87. The minimum absolute atomic E-state index is 0. The second kappa shape index (κ2) is 8.04. The third kappa shape index (κ3) is 4.31. The molecule has 5 heteroatoms. The van der Waals surface area contributed by atoms with Gasteiger partial charge in [0.2, 0.25) is 5.95 Å². The van der Waals surface area contributed by atoms with E-state index in [1.54, 1.807) is 0 Å². The fourth-order valence-corrected chi connectivity index (χ4v) is 2.52. The van der Waals surface area contributed by atoms with Crippen molar-refractivity contribution in [2.45, 2.75) is 33.7 Å². The van der Waals surface area contributed by atoms with Gasteiger partial charge in [0.25, 0.3) is 0 Å². The van der Waals surface area contributed by atoms with E-state index in [0.717, 1.165) is 17.6 Å². The number of nitrogens with one attached hydrogen (secondary N) is 1. The molecule has 1 atom stereocenters. The van der Waals surface area contributed by atoms with Crippen LogP contribution in [0.4, 0.5) is 5.95 Å². The van der Waals surface area contributed by atoms with Gasteiger partial charge in [0, 0.05) is 38.5 Å². The van der Waals surface area contributed by atoms with Gasteiger partial charge in [-0.05, 0) is 36.2 Å². The minimum atomic E-state index is 0. The van der Waals surface area contributed by atoms with E-state index in [-0.39, 0.29) is 38.8 Å². The van der Waals surface area contributed by atoms with Gasteiger partial charge in [-0.2, -0.15) is 18.8 Å². The van der Waals surface area contributed by atoms with Crippen LogP contribution >= 0.6 is 0 Å². The van der Waals surface area contributed by atoms with Gasteiger partial charge in [-0.3, -0.25) is 4.98 Å². The summed E-state index contributed by atoms with van der Waals surface area (Å²) in [4.78, 5) is 13.2. The third-order valence-electron chi connectivity index (χ3n) is 3.81. The second-order valence-corrected chi connectivity index (χ2v) is 6.00. The van der Waals surface area contributed by atoms with E-state index in [9.17, 15) is 0 Å². The predicted octanol–water partition coefficient (Wildman–Crippen LogP) is 4.47. The topological polar surface area (TPSA) is 50.7 Å². The molecule has 0 aliphatic heterocycles. The van der Waals surface area contributed by atoms with Crippen LogP contribution in [0.1, 0.15) is 44.0 Å². The van der Waals surface area contributed by atoms with Gasteiger partial charge in [-0.15, -0.1) is 0 Å². The Morgan fingerprint density at radius 1 is 0.958 bits per heavy atom. The van der Waals surface area contributed by atoms with Crippen molar-refractivity contribution in [2.24, 2.45) is 0 Å². The maximum atomic E-state index is 4.49. The van der Waals surface area contributed by atoms with Gasteiger partial charge >= 0.3 is 0 Å². The maximum absolute atomic E-state index is 4.49. The molecular formula is C19H21N4Y-. The first kappa shape index (κ1) is 18.8. The summed E-state index contributed by atoms with van der Waals surface area (Å²) in [5.74, 6) is 3.17. The largest absolute Gasteiger partial charge is 0.348 e. The van der Waals surface area contributed by atoms with Crippen LogP contribution in [0.25, 0.3) is 10.8 Å². The summed E-state index contributed by atoms with van der Waals surface area (Å²) in [6.07, 6.45) is 0. The zero-order valence-electron chi connectivity index (χ0n) is 14.5. The summed E-state index contributed by atoms with van der Waals surface area (Å²) >= 11 is 0. The number of aromatic nitrogens is 3. The van der Waals surface area contributed by atoms with Gasteiger partial charge < -0.3 is 11.2 Å². The first-order valence-corrected chi connectivity index (χ1v) is 7.81. The summed E-state index contributed by atoms with van der Waals surface area (Å²) in [6, 6.07) is 15.0. The molecule has 0 spiro atoms. The van der Waals surface area contributed by atoms with Crippen LogP contribution in [0.5, 0.6) is 0 Å². The molecule has 1 aromatic heterocycles. The Balaban J connectivity index is 0.00000208. The van der Waals surface area contributed by atoms with Gasteiger partial charge in [0.1, 0.15) is 5.82 Å². The van der Waals surface area contributed by atoms with Crippen LogP contribution in [0, 0.1) is 12.8 Å². The van der Waals surface area contributed by atoms with Crippen LogP contribution in [-0.2, 0) is 32.7 Å². The van der Waals surface area contributed by atoms with E-state index >= 15 is 0 Å². The Bertz CT molecular complexity index is 832. The summed E-state index contributed by atoms with van der Waals surface area (Å²) in [5.41, 5.74) is 1.21. The van der Waals surface area contributed by atoms with E-state index in [2.05, 4.69) is 69.7 Å². The van der Waals surface area contributed by atoms with Crippen molar-refractivity contribution in [3.8, 4) is 0 Å². The molecule has 1 radical (unpaired) electrons. The van der Waals surface area contributed by atoms with Gasteiger partial charge in [0.15, 0.2) is 0 Å². The van der Waals surface area contributed by atoms with Crippen LogP contribution < -0.4 is 5.32 Å². The average Bonchev–Trinajstić information content (AvgIpc) is 2.53. The average molecular weight is 394 g/mol. The van der Waals surface area contributed by atoms with E-state index < -0.39 is 0 Å². The predicted molar refractivity (Wildman–Crippen MR) is 94.2 cm³/mol. The SMILES string of the molecule is Cc1nc(NC(C)c2ccc3ccccc3c2)nc([C-](C)C)n1.[Y]. The molecule has 3 rings (SSSR count). The normalized spacial score (nSPS) is 11.7. The molecular weight excluding hydrogens is 373 g/mol. The van der Waals surface area contributed by atoms with Crippen molar-refractivity contribution in [3.05, 3.63) is 65.6 Å². The standard InChI is InChI=1S/C19H21N4.Y/c1-12(2)18-21-14(4)22-19(23-18)20-13(3)16-10-9-15-7-5-6-8-17(15)11-16;/h5-11,13H,1-4H3,(H,20,21,22,23);/q-1;. The summed E-state index contributed by atoms with van der Waals surface area (Å²) in [7, 11) is 0. The molecule has 1 unspecified atom stereocenters. The summed E-state index contributed by atoms with van der Waals surface area (Å²) in [6.45, 7) is 8.02. The Hall–Kier alpha value is -1.52. The number of nitrogens with zero attached hydrogens (tertiary/aromatic N) is 3. The number of anilines is 1. The first-order valence-electron chi connectivity index (χ1n) is 7.81. The molecule has 0 saturated carbocycles. The van der Waals surface area contributed by atoms with Crippen molar-refractivity contribution in [3.63, 3.8) is 0 Å². The fourth-order valence-electron chi connectivity index (χ4n) is 2.52. The molecule has 0 aliphatic rings. The molecule has 1 N–H and O–H groups in total. The van der Waals surface area contributed by atoms with Crippen LogP contribution in [0.2, 0.25) is 0 Å². The van der Waals surface area contributed by atoms with Crippen LogP contribution in [-0.4, -0.2) is 15.0 Å². The zero-order chi connectivity index (χ0) is 16.4. The fraction of sp³-hybridized carbons (Fsp3) is 0.263. The van der Waals surface area contributed by atoms with Crippen molar-refractivity contribution in [2.75, 3.05) is 5.32 Å². The maximum Gasteiger partial charge on any atom is 0.224 e. The van der Waals surface area contributed by atoms with E-state index in [1.807, 2.05) is 20.8 Å². The quantitative estimate of drug-likeness (QED) is 0.664. The third-order valence-corrected chi connectivity index (χ3v) is 3.81. The number of hydrogen-bond acceptors (Lipinski definition) is 4. The Morgan fingerprint density at radius 2 is 1.67 bits per heavy atom. The van der Waals surface area contributed by atoms with Crippen LogP contribution in [0.15, 0.2) is 42.5 Å². The minimum Gasteiger partial charge on any atom is -0.348 e. The van der Waals surface area contributed by atoms with Crippen LogP contribution in [0.3, 0.4) is 0 Å². The molecule has 0 aliphatic carbocycles. The Labute approximate surface area is 168 Å². The van der Waals surface area contributed by atoms with Crippen molar-refractivity contribution in [1.29, 1.82) is 0 Å². The number of aryl methyl sites for hydroxylation is 1. The van der Waals surface area contributed by atoms with Crippen molar-refractivity contribution >= 4 is 16.7 Å². The van der Waals surface area contributed by atoms with Gasteiger partial charge in [-0.25, -0.2) is 4.98 Å². The number of rotatable bonds is 4. The first-order chi connectivity index (χ1) is 11.0. The monoisotopic (exact) mass is 394 g/mol. The Kier molecular flexibility index (Phi) is 6.30. The number of fused-ring (bicyclic) bond motifs is 1.